The zero-order chi connectivity index (χ0) is 11.9. The fourth-order valence-electron chi connectivity index (χ4n) is 1.75. The van der Waals surface area contributed by atoms with Crippen LogP contribution >= 0.6 is 15.9 Å². The minimum absolute atomic E-state index is 0.643. The highest BCUT2D eigenvalue weighted by atomic mass is 79.9. The predicted octanol–water partition coefficient (Wildman–Crippen LogP) is 3.14. The Kier molecular flexibility index (Phi) is 2.76. The van der Waals surface area contributed by atoms with E-state index in [-0.39, 0.29) is 0 Å². The van der Waals surface area contributed by atoms with Crippen LogP contribution in [0.4, 0.5) is 5.82 Å². The van der Waals surface area contributed by atoms with Crippen molar-refractivity contribution in [2.45, 2.75) is 20.8 Å². The molecule has 0 atom stereocenters. The molecule has 0 saturated carbocycles. The first kappa shape index (κ1) is 11.2. The van der Waals surface area contributed by atoms with Crippen molar-refractivity contribution in [3.63, 3.8) is 0 Å². The van der Waals surface area contributed by atoms with Crippen molar-refractivity contribution in [3.05, 3.63) is 39.5 Å². The van der Waals surface area contributed by atoms with Crippen LogP contribution < -0.4 is 5.73 Å². The molecule has 1 aromatic heterocycles. The molecule has 3 nitrogen and oxygen atoms in total. The van der Waals surface area contributed by atoms with E-state index in [2.05, 4.69) is 47.0 Å². The Balaban J connectivity index is 2.63. The van der Waals surface area contributed by atoms with Crippen LogP contribution in [-0.4, -0.2) is 9.78 Å². The standard InChI is InChI=1S/C12H14BrN3/c1-7-4-5-10(8(2)6-7)16-12(14)11(13)9(3)15-16/h4-6H,14H2,1-3H3. The van der Waals surface area contributed by atoms with Gasteiger partial charge in [-0.1, -0.05) is 17.7 Å². The fraction of sp³-hybridized carbons (Fsp3) is 0.250. The molecule has 1 aromatic carbocycles. The topological polar surface area (TPSA) is 43.8 Å². The molecule has 0 unspecified atom stereocenters. The lowest BCUT2D eigenvalue weighted by Crippen LogP contribution is -2.04. The Morgan fingerprint density at radius 2 is 1.94 bits per heavy atom. The maximum atomic E-state index is 6.00. The summed E-state index contributed by atoms with van der Waals surface area (Å²) in [6.45, 7) is 6.07. The first-order valence-electron chi connectivity index (χ1n) is 5.09. The van der Waals surface area contributed by atoms with Gasteiger partial charge in [0, 0.05) is 0 Å². The Hall–Kier alpha value is -1.29. The van der Waals surface area contributed by atoms with Gasteiger partial charge in [-0.15, -0.1) is 0 Å². The Bertz CT molecular complexity index is 543. The summed E-state index contributed by atoms with van der Waals surface area (Å²) in [5.41, 5.74) is 10.3. The second-order valence-corrected chi connectivity index (χ2v) is 4.78. The number of hydrogen-bond donors (Lipinski definition) is 1. The Morgan fingerprint density at radius 3 is 2.44 bits per heavy atom. The third kappa shape index (κ3) is 1.73. The van der Waals surface area contributed by atoms with Gasteiger partial charge in [0.1, 0.15) is 5.82 Å². The molecule has 1 heterocycles. The summed E-state index contributed by atoms with van der Waals surface area (Å²) in [6, 6.07) is 6.23. The summed E-state index contributed by atoms with van der Waals surface area (Å²) in [4.78, 5) is 0. The number of halogens is 1. The molecule has 0 aliphatic rings. The molecule has 0 aliphatic heterocycles. The number of anilines is 1. The average molecular weight is 280 g/mol. The van der Waals surface area contributed by atoms with Crippen molar-refractivity contribution in [2.75, 3.05) is 5.73 Å². The minimum atomic E-state index is 0.643. The zero-order valence-corrected chi connectivity index (χ0v) is 11.2. The van der Waals surface area contributed by atoms with Gasteiger partial charge in [-0.25, -0.2) is 4.68 Å². The number of nitrogens with zero attached hydrogens (tertiary/aromatic N) is 2. The Morgan fingerprint density at radius 1 is 1.25 bits per heavy atom. The highest BCUT2D eigenvalue weighted by Crippen LogP contribution is 2.27. The summed E-state index contributed by atoms with van der Waals surface area (Å²) in [7, 11) is 0. The SMILES string of the molecule is Cc1ccc(-n2nc(C)c(Br)c2N)c(C)c1. The van der Waals surface area contributed by atoms with Gasteiger partial charge in [-0.2, -0.15) is 5.10 Å². The van der Waals surface area contributed by atoms with Crippen LogP contribution in [0.3, 0.4) is 0 Å². The molecule has 0 spiro atoms. The van der Waals surface area contributed by atoms with Crippen LogP contribution in [0, 0.1) is 20.8 Å². The van der Waals surface area contributed by atoms with Crippen molar-refractivity contribution in [1.29, 1.82) is 0 Å². The van der Waals surface area contributed by atoms with E-state index in [0.29, 0.717) is 5.82 Å². The first-order chi connectivity index (χ1) is 7.50. The molecule has 2 aromatic rings. The number of aryl methyl sites for hydroxylation is 3. The average Bonchev–Trinajstić information content (AvgIpc) is 2.46. The van der Waals surface area contributed by atoms with Crippen molar-refractivity contribution >= 4 is 21.7 Å². The van der Waals surface area contributed by atoms with Gasteiger partial charge in [0.05, 0.1) is 15.9 Å². The third-order valence-corrected chi connectivity index (χ3v) is 3.58. The molecular formula is C12H14BrN3. The van der Waals surface area contributed by atoms with Crippen LogP contribution in [-0.2, 0) is 0 Å². The van der Waals surface area contributed by atoms with Gasteiger partial charge < -0.3 is 5.73 Å². The van der Waals surface area contributed by atoms with Gasteiger partial charge in [-0.3, -0.25) is 0 Å². The quantitative estimate of drug-likeness (QED) is 0.872. The molecule has 2 rings (SSSR count). The number of benzene rings is 1. The van der Waals surface area contributed by atoms with E-state index in [0.717, 1.165) is 15.9 Å². The monoisotopic (exact) mass is 279 g/mol. The number of hydrogen-bond acceptors (Lipinski definition) is 2. The molecule has 16 heavy (non-hydrogen) atoms. The summed E-state index contributed by atoms with van der Waals surface area (Å²) in [5.74, 6) is 0.643. The van der Waals surface area contributed by atoms with Gasteiger partial charge in [0.25, 0.3) is 0 Å². The number of aromatic nitrogens is 2. The first-order valence-corrected chi connectivity index (χ1v) is 5.88. The largest absolute Gasteiger partial charge is 0.383 e. The highest BCUT2D eigenvalue weighted by Gasteiger charge is 2.12. The van der Waals surface area contributed by atoms with Crippen LogP contribution in [0.15, 0.2) is 22.7 Å². The van der Waals surface area contributed by atoms with Crippen molar-refractivity contribution in [3.8, 4) is 5.69 Å². The van der Waals surface area contributed by atoms with Crippen molar-refractivity contribution in [1.82, 2.24) is 9.78 Å². The van der Waals surface area contributed by atoms with Crippen LogP contribution in [0.5, 0.6) is 0 Å². The molecule has 0 saturated heterocycles. The lowest BCUT2D eigenvalue weighted by atomic mass is 10.1. The van der Waals surface area contributed by atoms with E-state index in [9.17, 15) is 0 Å². The third-order valence-electron chi connectivity index (χ3n) is 2.60. The maximum absolute atomic E-state index is 6.00. The normalized spacial score (nSPS) is 10.8. The smallest absolute Gasteiger partial charge is 0.141 e. The van der Waals surface area contributed by atoms with Crippen LogP contribution in [0.2, 0.25) is 0 Å². The second kappa shape index (κ2) is 3.94. The van der Waals surface area contributed by atoms with E-state index < -0.39 is 0 Å². The number of rotatable bonds is 1. The van der Waals surface area contributed by atoms with E-state index in [1.165, 1.54) is 11.1 Å². The summed E-state index contributed by atoms with van der Waals surface area (Å²) in [6.07, 6.45) is 0. The molecule has 0 amide bonds. The molecule has 0 bridgehead atoms. The molecule has 2 N–H and O–H groups in total. The predicted molar refractivity (Wildman–Crippen MR) is 69.9 cm³/mol. The van der Waals surface area contributed by atoms with Crippen molar-refractivity contribution in [2.24, 2.45) is 0 Å². The molecule has 84 valence electrons. The lowest BCUT2D eigenvalue weighted by molar-refractivity contribution is 0.864. The maximum Gasteiger partial charge on any atom is 0.141 e. The fourth-order valence-corrected chi connectivity index (χ4v) is 2.00. The second-order valence-electron chi connectivity index (χ2n) is 3.99. The molecule has 0 aliphatic carbocycles. The van der Waals surface area contributed by atoms with E-state index in [1.807, 2.05) is 13.0 Å². The van der Waals surface area contributed by atoms with Crippen molar-refractivity contribution < 1.29 is 0 Å². The van der Waals surface area contributed by atoms with E-state index >= 15 is 0 Å². The Labute approximate surface area is 103 Å². The molecule has 0 fully saturated rings. The van der Waals surface area contributed by atoms with E-state index in [1.54, 1.807) is 4.68 Å². The number of nitrogens with two attached hydrogens (primary N) is 1. The number of nitrogen functional groups attached to an aromatic ring is 1. The van der Waals surface area contributed by atoms with Gasteiger partial charge in [0.2, 0.25) is 0 Å². The minimum Gasteiger partial charge on any atom is -0.383 e. The van der Waals surface area contributed by atoms with Crippen LogP contribution in [0.1, 0.15) is 16.8 Å². The highest BCUT2D eigenvalue weighted by molar-refractivity contribution is 9.10. The van der Waals surface area contributed by atoms with E-state index in [4.69, 9.17) is 5.73 Å². The van der Waals surface area contributed by atoms with Gasteiger partial charge in [0.15, 0.2) is 0 Å². The summed E-state index contributed by atoms with van der Waals surface area (Å²) >= 11 is 3.43. The molecular weight excluding hydrogens is 266 g/mol. The van der Waals surface area contributed by atoms with Gasteiger partial charge >= 0.3 is 0 Å². The van der Waals surface area contributed by atoms with Crippen LogP contribution in [0.25, 0.3) is 5.69 Å². The summed E-state index contributed by atoms with van der Waals surface area (Å²) < 4.78 is 2.64. The molecule has 4 heteroatoms. The molecule has 0 radical (unpaired) electrons. The summed E-state index contributed by atoms with van der Waals surface area (Å²) in [5, 5.41) is 4.42. The van der Waals surface area contributed by atoms with Gasteiger partial charge in [-0.05, 0) is 48.3 Å². The zero-order valence-electron chi connectivity index (χ0n) is 9.58. The lowest BCUT2D eigenvalue weighted by Gasteiger charge is -2.08.